The van der Waals surface area contributed by atoms with Crippen LogP contribution >= 0.6 is 11.6 Å². The number of halogens is 4. The molecule has 0 amide bonds. The smallest absolute Gasteiger partial charge is 0.283 e. The molecule has 0 spiro atoms. The molecule has 1 aliphatic carbocycles. The summed E-state index contributed by atoms with van der Waals surface area (Å²) in [5.74, 6) is 1.09. The van der Waals surface area contributed by atoms with Crippen LogP contribution in [-0.4, -0.2) is 43.3 Å². The minimum absolute atomic E-state index is 0.0958. The summed E-state index contributed by atoms with van der Waals surface area (Å²) < 4.78 is 42.0. The van der Waals surface area contributed by atoms with Gasteiger partial charge in [-0.1, -0.05) is 11.6 Å². The van der Waals surface area contributed by atoms with E-state index in [-0.39, 0.29) is 5.92 Å². The van der Waals surface area contributed by atoms with E-state index in [1.165, 1.54) is 6.07 Å². The Morgan fingerprint density at radius 2 is 1.86 bits per heavy atom. The van der Waals surface area contributed by atoms with Gasteiger partial charge < -0.3 is 4.90 Å². The standard InChI is InChI=1S/C25H23ClF3N7/c26-17-1-3-19-16(11-17)12-35(25(14-30)7-8-25)13-21-32-33-24(36(19)21)15-5-9-34(10-6-15)20-4-2-18(27)22(31-20)23(28)29/h1-4,11,15,23H,5-10,12-13H2. The molecule has 0 unspecified atom stereocenters. The number of pyridine rings is 1. The highest BCUT2D eigenvalue weighted by Gasteiger charge is 2.50. The molecular formula is C25H23ClF3N7. The molecule has 36 heavy (non-hydrogen) atoms. The van der Waals surface area contributed by atoms with E-state index in [4.69, 9.17) is 11.6 Å². The summed E-state index contributed by atoms with van der Waals surface area (Å²) in [5, 5.41) is 19.6. The van der Waals surface area contributed by atoms with Gasteiger partial charge in [0.15, 0.2) is 11.6 Å². The molecule has 7 nitrogen and oxygen atoms in total. The Labute approximate surface area is 211 Å². The fraction of sp³-hybridized carbons (Fsp3) is 0.440. The lowest BCUT2D eigenvalue weighted by Crippen LogP contribution is -2.35. The first-order chi connectivity index (χ1) is 17.4. The third kappa shape index (κ3) is 3.91. The van der Waals surface area contributed by atoms with Gasteiger partial charge in [-0.3, -0.25) is 9.47 Å². The van der Waals surface area contributed by atoms with Crippen LogP contribution in [0.4, 0.5) is 19.0 Å². The molecule has 0 atom stereocenters. The topological polar surface area (TPSA) is 73.9 Å². The largest absolute Gasteiger partial charge is 0.357 e. The van der Waals surface area contributed by atoms with Crippen molar-refractivity contribution >= 4 is 17.4 Å². The van der Waals surface area contributed by atoms with E-state index < -0.39 is 23.5 Å². The second-order valence-electron chi connectivity index (χ2n) is 9.68. The van der Waals surface area contributed by atoms with Crippen LogP contribution in [0.5, 0.6) is 0 Å². The third-order valence-electron chi connectivity index (χ3n) is 7.52. The van der Waals surface area contributed by atoms with Gasteiger partial charge in [-0.2, -0.15) is 5.26 Å². The summed E-state index contributed by atoms with van der Waals surface area (Å²) in [6, 6.07) is 10.8. The number of aromatic nitrogens is 4. The molecule has 3 aromatic rings. The van der Waals surface area contributed by atoms with Crippen molar-refractivity contribution < 1.29 is 13.2 Å². The van der Waals surface area contributed by atoms with Crippen molar-refractivity contribution in [3.63, 3.8) is 0 Å². The number of rotatable bonds is 4. The molecule has 1 aromatic carbocycles. The van der Waals surface area contributed by atoms with Crippen molar-refractivity contribution in [1.82, 2.24) is 24.6 Å². The zero-order valence-corrected chi connectivity index (χ0v) is 20.1. The number of hydrogen-bond donors (Lipinski definition) is 0. The molecule has 1 saturated carbocycles. The van der Waals surface area contributed by atoms with Crippen molar-refractivity contribution in [2.24, 2.45) is 0 Å². The summed E-state index contributed by atoms with van der Waals surface area (Å²) in [4.78, 5) is 7.95. The lowest BCUT2D eigenvalue weighted by atomic mass is 9.95. The molecule has 0 bridgehead atoms. The molecule has 11 heteroatoms. The molecule has 6 rings (SSSR count). The molecule has 1 saturated heterocycles. The van der Waals surface area contributed by atoms with Gasteiger partial charge in [0, 0.05) is 30.6 Å². The average molecular weight is 514 g/mol. The highest BCUT2D eigenvalue weighted by Crippen LogP contribution is 2.45. The maximum absolute atomic E-state index is 13.7. The Morgan fingerprint density at radius 1 is 1.08 bits per heavy atom. The number of piperidine rings is 1. The van der Waals surface area contributed by atoms with Gasteiger partial charge in [0.2, 0.25) is 0 Å². The van der Waals surface area contributed by atoms with E-state index in [0.29, 0.717) is 37.0 Å². The maximum Gasteiger partial charge on any atom is 0.283 e. The summed E-state index contributed by atoms with van der Waals surface area (Å²) in [6.07, 6.45) is 0.150. The predicted molar refractivity (Wildman–Crippen MR) is 127 cm³/mol. The number of anilines is 1. The van der Waals surface area contributed by atoms with Crippen molar-refractivity contribution in [2.45, 2.75) is 56.7 Å². The highest BCUT2D eigenvalue weighted by atomic mass is 35.5. The lowest BCUT2D eigenvalue weighted by Gasteiger charge is -2.32. The Morgan fingerprint density at radius 3 is 2.56 bits per heavy atom. The fourth-order valence-electron chi connectivity index (χ4n) is 5.35. The van der Waals surface area contributed by atoms with Crippen LogP contribution in [0.15, 0.2) is 30.3 Å². The first kappa shape index (κ1) is 23.3. The number of nitriles is 1. The minimum atomic E-state index is -2.96. The van der Waals surface area contributed by atoms with E-state index in [9.17, 15) is 18.4 Å². The Bertz CT molecular complexity index is 1360. The van der Waals surface area contributed by atoms with Crippen LogP contribution < -0.4 is 4.90 Å². The van der Waals surface area contributed by atoms with Crippen molar-refractivity contribution in [3.8, 4) is 11.8 Å². The molecule has 0 radical (unpaired) electrons. The Balaban J connectivity index is 1.29. The molecule has 2 fully saturated rings. The van der Waals surface area contributed by atoms with E-state index in [1.54, 1.807) is 0 Å². The van der Waals surface area contributed by atoms with Crippen LogP contribution in [0.25, 0.3) is 5.69 Å². The molecule has 2 aliphatic heterocycles. The van der Waals surface area contributed by atoms with Crippen molar-refractivity contribution in [3.05, 3.63) is 64.1 Å². The maximum atomic E-state index is 13.7. The lowest BCUT2D eigenvalue weighted by molar-refractivity contribution is 0.140. The van der Waals surface area contributed by atoms with Crippen LogP contribution in [0.1, 0.15) is 60.9 Å². The summed E-state index contributed by atoms with van der Waals surface area (Å²) in [6.45, 7) is 2.27. The fourth-order valence-corrected chi connectivity index (χ4v) is 5.55. The zero-order chi connectivity index (χ0) is 25.0. The first-order valence-corrected chi connectivity index (χ1v) is 12.4. The summed E-state index contributed by atoms with van der Waals surface area (Å²) >= 11 is 6.34. The van der Waals surface area contributed by atoms with Crippen LogP contribution in [0.2, 0.25) is 5.02 Å². The van der Waals surface area contributed by atoms with Crippen LogP contribution in [-0.2, 0) is 13.1 Å². The SMILES string of the molecule is N#CC1(N2Cc3cc(Cl)ccc3-n3c(nnc3C3CCN(c4ccc(F)c(C(F)F)n4)CC3)C2)CC1. The third-order valence-corrected chi connectivity index (χ3v) is 7.75. The van der Waals surface area contributed by atoms with Crippen molar-refractivity contribution in [1.29, 1.82) is 5.26 Å². The van der Waals surface area contributed by atoms with Gasteiger partial charge in [-0.25, -0.2) is 18.2 Å². The van der Waals surface area contributed by atoms with Crippen LogP contribution in [0, 0.1) is 17.1 Å². The van der Waals surface area contributed by atoms with Gasteiger partial charge in [0.05, 0.1) is 18.3 Å². The van der Waals surface area contributed by atoms with E-state index in [1.807, 2.05) is 23.1 Å². The highest BCUT2D eigenvalue weighted by molar-refractivity contribution is 6.30. The normalized spacial score (nSPS) is 19.5. The van der Waals surface area contributed by atoms with Gasteiger partial charge in [0.25, 0.3) is 6.43 Å². The van der Waals surface area contributed by atoms with Gasteiger partial charge in [-0.15, -0.1) is 10.2 Å². The molecular weight excluding hydrogens is 491 g/mol. The number of benzene rings is 1. The van der Waals surface area contributed by atoms with Gasteiger partial charge in [-0.05, 0) is 61.6 Å². The molecule has 186 valence electrons. The van der Waals surface area contributed by atoms with E-state index in [2.05, 4.69) is 30.7 Å². The number of alkyl halides is 2. The quantitative estimate of drug-likeness (QED) is 0.480. The van der Waals surface area contributed by atoms with Gasteiger partial charge in [0.1, 0.15) is 22.9 Å². The molecule has 3 aliphatic rings. The number of nitrogens with zero attached hydrogens (tertiary/aromatic N) is 7. The molecule has 4 heterocycles. The second-order valence-corrected chi connectivity index (χ2v) is 10.1. The average Bonchev–Trinajstić information content (AvgIpc) is 3.60. The Kier molecular flexibility index (Phi) is 5.65. The monoisotopic (exact) mass is 513 g/mol. The molecule has 2 aromatic heterocycles. The van der Waals surface area contributed by atoms with E-state index >= 15 is 0 Å². The summed E-state index contributed by atoms with van der Waals surface area (Å²) in [7, 11) is 0. The summed E-state index contributed by atoms with van der Waals surface area (Å²) in [5.41, 5.74) is 0.708. The van der Waals surface area contributed by atoms with Crippen LogP contribution in [0.3, 0.4) is 0 Å². The molecule has 0 N–H and O–H groups in total. The predicted octanol–water partition coefficient (Wildman–Crippen LogP) is 5.15. The first-order valence-electron chi connectivity index (χ1n) is 12.0. The number of hydrogen-bond acceptors (Lipinski definition) is 6. The Hall–Kier alpha value is -3.16. The van der Waals surface area contributed by atoms with E-state index in [0.717, 1.165) is 54.6 Å². The van der Waals surface area contributed by atoms with Gasteiger partial charge >= 0.3 is 0 Å². The zero-order valence-electron chi connectivity index (χ0n) is 19.3. The van der Waals surface area contributed by atoms with Crippen molar-refractivity contribution in [2.75, 3.05) is 18.0 Å². The second kappa shape index (κ2) is 8.75. The minimum Gasteiger partial charge on any atom is -0.357 e. The number of fused-ring (bicyclic) bond motifs is 3.